The van der Waals surface area contributed by atoms with Gasteiger partial charge in [-0.25, -0.2) is 9.78 Å². The Morgan fingerprint density at radius 1 is 1.55 bits per heavy atom. The van der Waals surface area contributed by atoms with Crippen molar-refractivity contribution < 1.29 is 14.5 Å². The predicted molar refractivity (Wildman–Crippen MR) is 74.4 cm³/mol. The van der Waals surface area contributed by atoms with Crippen molar-refractivity contribution in [1.82, 2.24) is 4.98 Å². The first-order valence-electron chi connectivity index (χ1n) is 5.74. The molecule has 0 radical (unpaired) electrons. The molecule has 1 heterocycles. The molecule has 0 saturated carbocycles. The number of carbonyl (C=O) groups is 1. The first-order valence-corrected chi connectivity index (χ1v) is 6.62. The van der Waals surface area contributed by atoms with Gasteiger partial charge in [0.2, 0.25) is 0 Å². The fourth-order valence-electron chi connectivity index (χ4n) is 1.45. The van der Waals surface area contributed by atoms with Crippen LogP contribution in [-0.4, -0.2) is 22.5 Å². The largest absolute Gasteiger partial charge is 0.461 e. The molecule has 0 fully saturated rings. The monoisotopic (exact) mass is 293 g/mol. The topological polar surface area (TPSA) is 94.4 Å². The highest BCUT2D eigenvalue weighted by molar-refractivity contribution is 7.14. The Morgan fingerprint density at radius 3 is 3.05 bits per heavy atom. The van der Waals surface area contributed by atoms with Gasteiger partial charge >= 0.3 is 5.97 Å². The molecule has 1 aromatic heterocycles. The van der Waals surface area contributed by atoms with E-state index in [1.54, 1.807) is 24.4 Å². The number of aromatic nitrogens is 1. The number of hydrogen-bond donors (Lipinski definition) is 1. The average molecular weight is 293 g/mol. The van der Waals surface area contributed by atoms with Gasteiger partial charge in [0.05, 0.1) is 11.5 Å². The third-order valence-electron chi connectivity index (χ3n) is 2.30. The zero-order valence-electron chi connectivity index (χ0n) is 10.5. The van der Waals surface area contributed by atoms with Crippen molar-refractivity contribution in [3.63, 3.8) is 0 Å². The molecule has 0 aliphatic carbocycles. The molecule has 0 aliphatic heterocycles. The number of thiazole rings is 1. The maximum atomic E-state index is 11.5. The van der Waals surface area contributed by atoms with Gasteiger partial charge in [0.15, 0.2) is 10.8 Å². The van der Waals surface area contributed by atoms with Gasteiger partial charge in [0.25, 0.3) is 5.69 Å². The van der Waals surface area contributed by atoms with Crippen LogP contribution in [0.15, 0.2) is 29.6 Å². The van der Waals surface area contributed by atoms with Crippen LogP contribution in [-0.2, 0) is 4.74 Å². The van der Waals surface area contributed by atoms with Crippen LogP contribution in [0.25, 0.3) is 0 Å². The average Bonchev–Trinajstić information content (AvgIpc) is 2.88. The van der Waals surface area contributed by atoms with Crippen molar-refractivity contribution in [2.24, 2.45) is 0 Å². The van der Waals surface area contributed by atoms with Crippen molar-refractivity contribution in [1.29, 1.82) is 0 Å². The van der Waals surface area contributed by atoms with Crippen LogP contribution in [0, 0.1) is 10.1 Å². The third kappa shape index (κ3) is 3.29. The Labute approximate surface area is 118 Å². The van der Waals surface area contributed by atoms with Crippen molar-refractivity contribution in [3.05, 3.63) is 45.5 Å². The van der Waals surface area contributed by atoms with Crippen LogP contribution < -0.4 is 5.32 Å². The van der Waals surface area contributed by atoms with Crippen molar-refractivity contribution in [2.45, 2.75) is 6.92 Å². The van der Waals surface area contributed by atoms with E-state index in [9.17, 15) is 14.9 Å². The van der Waals surface area contributed by atoms with E-state index < -0.39 is 10.9 Å². The second-order valence-electron chi connectivity index (χ2n) is 3.69. The van der Waals surface area contributed by atoms with E-state index in [4.69, 9.17) is 4.74 Å². The molecule has 0 unspecified atom stereocenters. The Hall–Kier alpha value is -2.48. The molecule has 0 atom stereocenters. The molecule has 8 heteroatoms. The third-order valence-corrected chi connectivity index (χ3v) is 3.05. The molecule has 20 heavy (non-hydrogen) atoms. The molecular weight excluding hydrogens is 282 g/mol. The lowest BCUT2D eigenvalue weighted by atomic mass is 10.3. The Morgan fingerprint density at radius 2 is 2.35 bits per heavy atom. The van der Waals surface area contributed by atoms with E-state index in [2.05, 4.69) is 10.3 Å². The van der Waals surface area contributed by atoms with Gasteiger partial charge in [-0.2, -0.15) is 0 Å². The summed E-state index contributed by atoms with van der Waals surface area (Å²) in [5.74, 6) is -0.490. The van der Waals surface area contributed by atoms with Gasteiger partial charge in [-0.3, -0.25) is 10.1 Å². The number of esters is 1. The van der Waals surface area contributed by atoms with Crippen LogP contribution in [0.1, 0.15) is 17.4 Å². The lowest BCUT2D eigenvalue weighted by Crippen LogP contribution is -2.05. The van der Waals surface area contributed by atoms with Crippen LogP contribution >= 0.6 is 11.3 Å². The van der Waals surface area contributed by atoms with Gasteiger partial charge < -0.3 is 10.1 Å². The Balaban J connectivity index is 2.12. The molecule has 2 rings (SSSR count). The summed E-state index contributed by atoms with van der Waals surface area (Å²) in [6.45, 7) is 2.00. The summed E-state index contributed by atoms with van der Waals surface area (Å²) in [5, 5.41) is 15.6. The van der Waals surface area contributed by atoms with E-state index in [0.29, 0.717) is 10.8 Å². The number of non-ortho nitro benzene ring substituents is 1. The number of anilines is 2. The molecule has 1 aromatic carbocycles. The Kier molecular flexibility index (Phi) is 4.26. The molecule has 7 nitrogen and oxygen atoms in total. The molecule has 0 amide bonds. The lowest BCUT2D eigenvalue weighted by molar-refractivity contribution is -0.384. The van der Waals surface area contributed by atoms with E-state index in [-0.39, 0.29) is 18.0 Å². The van der Waals surface area contributed by atoms with Crippen molar-refractivity contribution in [3.8, 4) is 0 Å². The quantitative estimate of drug-likeness (QED) is 0.517. The highest BCUT2D eigenvalue weighted by atomic mass is 32.1. The molecule has 0 aliphatic rings. The second-order valence-corrected chi connectivity index (χ2v) is 4.55. The number of nitrogens with one attached hydrogen (secondary N) is 1. The summed E-state index contributed by atoms with van der Waals surface area (Å²) >= 11 is 1.22. The summed E-state index contributed by atoms with van der Waals surface area (Å²) in [6, 6.07) is 6.04. The first kappa shape index (κ1) is 13.9. The SMILES string of the molecule is CCOC(=O)c1csc(Nc2cccc([N+](=O)[O-])c2)n1. The minimum atomic E-state index is -0.490. The lowest BCUT2D eigenvalue weighted by Gasteiger charge is -2.01. The number of nitro groups is 1. The predicted octanol–water partition coefficient (Wildman–Crippen LogP) is 2.97. The second kappa shape index (κ2) is 6.11. The van der Waals surface area contributed by atoms with Crippen LogP contribution in [0.2, 0.25) is 0 Å². The maximum Gasteiger partial charge on any atom is 0.357 e. The summed E-state index contributed by atoms with van der Waals surface area (Å²) in [4.78, 5) is 25.7. The number of rotatable bonds is 5. The normalized spacial score (nSPS) is 10.1. The summed E-state index contributed by atoms with van der Waals surface area (Å²) < 4.78 is 4.83. The first-order chi connectivity index (χ1) is 9.60. The van der Waals surface area contributed by atoms with E-state index in [0.717, 1.165) is 0 Å². The zero-order chi connectivity index (χ0) is 14.5. The maximum absolute atomic E-state index is 11.5. The molecule has 0 spiro atoms. The molecule has 0 bridgehead atoms. The van der Waals surface area contributed by atoms with Gasteiger partial charge in [0.1, 0.15) is 0 Å². The molecular formula is C12H11N3O4S. The fourth-order valence-corrected chi connectivity index (χ4v) is 2.15. The molecule has 2 aromatic rings. The van der Waals surface area contributed by atoms with Gasteiger partial charge in [0, 0.05) is 23.2 Å². The smallest absolute Gasteiger partial charge is 0.357 e. The highest BCUT2D eigenvalue weighted by Crippen LogP contribution is 2.24. The van der Waals surface area contributed by atoms with Gasteiger partial charge in [-0.1, -0.05) is 6.07 Å². The summed E-state index contributed by atoms with van der Waals surface area (Å²) in [5.41, 5.74) is 0.728. The van der Waals surface area contributed by atoms with E-state index in [1.807, 2.05) is 0 Å². The number of nitrogens with zero attached hydrogens (tertiary/aromatic N) is 2. The number of carbonyl (C=O) groups excluding carboxylic acids is 1. The highest BCUT2D eigenvalue weighted by Gasteiger charge is 2.12. The molecule has 104 valence electrons. The van der Waals surface area contributed by atoms with Gasteiger partial charge in [-0.05, 0) is 13.0 Å². The number of nitro benzene ring substituents is 1. The molecule has 1 N–H and O–H groups in total. The minimum Gasteiger partial charge on any atom is -0.461 e. The molecule has 0 saturated heterocycles. The van der Waals surface area contributed by atoms with Crippen molar-refractivity contribution >= 4 is 33.8 Å². The van der Waals surface area contributed by atoms with E-state index in [1.165, 1.54) is 23.5 Å². The van der Waals surface area contributed by atoms with E-state index >= 15 is 0 Å². The van der Waals surface area contributed by atoms with Gasteiger partial charge in [-0.15, -0.1) is 11.3 Å². The number of benzene rings is 1. The Bertz CT molecular complexity index is 641. The van der Waals surface area contributed by atoms with Crippen LogP contribution in [0.4, 0.5) is 16.5 Å². The minimum absolute atomic E-state index is 0.0165. The van der Waals surface area contributed by atoms with Crippen LogP contribution in [0.3, 0.4) is 0 Å². The number of ether oxygens (including phenoxy) is 1. The fraction of sp³-hybridized carbons (Fsp3) is 0.167. The standard InChI is InChI=1S/C12H11N3O4S/c1-2-19-11(16)10-7-20-12(14-10)13-8-4-3-5-9(6-8)15(17)18/h3-7H,2H2,1H3,(H,13,14). The number of hydrogen-bond acceptors (Lipinski definition) is 7. The zero-order valence-corrected chi connectivity index (χ0v) is 11.3. The van der Waals surface area contributed by atoms with Crippen LogP contribution in [0.5, 0.6) is 0 Å². The summed E-state index contributed by atoms with van der Waals surface area (Å²) in [7, 11) is 0. The summed E-state index contributed by atoms with van der Waals surface area (Å²) in [6.07, 6.45) is 0. The van der Waals surface area contributed by atoms with Crippen molar-refractivity contribution in [2.75, 3.05) is 11.9 Å².